The van der Waals surface area contributed by atoms with E-state index in [0.717, 1.165) is 16.9 Å². The number of likely N-dealkylation sites (tertiary alicyclic amines) is 1. The summed E-state index contributed by atoms with van der Waals surface area (Å²) in [5, 5.41) is 0. The molecule has 0 radical (unpaired) electrons. The molecule has 3 atom stereocenters. The van der Waals surface area contributed by atoms with Crippen LogP contribution in [0.3, 0.4) is 0 Å². The third-order valence-corrected chi connectivity index (χ3v) is 4.00. The number of rotatable bonds is 3. The zero-order valence-electron chi connectivity index (χ0n) is 10.4. The highest BCUT2D eigenvalue weighted by molar-refractivity contribution is 9.10. The van der Waals surface area contributed by atoms with Crippen molar-refractivity contribution in [2.24, 2.45) is 11.7 Å². The SMILES string of the molecule is CC1CC(C)N(C(CN)c2cncc(Br)c2)C1. The second-order valence-electron chi connectivity index (χ2n) is 5.07. The van der Waals surface area contributed by atoms with Gasteiger partial charge in [0.05, 0.1) is 0 Å². The molecular formula is C13H20BrN3. The summed E-state index contributed by atoms with van der Waals surface area (Å²) in [5.41, 5.74) is 7.17. The minimum absolute atomic E-state index is 0.292. The Morgan fingerprint density at radius 1 is 1.53 bits per heavy atom. The molecule has 0 aromatic carbocycles. The normalized spacial score (nSPS) is 27.3. The van der Waals surface area contributed by atoms with Gasteiger partial charge in [-0.2, -0.15) is 0 Å². The zero-order valence-corrected chi connectivity index (χ0v) is 12.0. The predicted molar refractivity (Wildman–Crippen MR) is 73.7 cm³/mol. The van der Waals surface area contributed by atoms with Crippen LogP contribution in [0.4, 0.5) is 0 Å². The Bertz CT molecular complexity index is 383. The fraction of sp³-hybridized carbons (Fsp3) is 0.615. The first-order chi connectivity index (χ1) is 8.11. The van der Waals surface area contributed by atoms with Crippen molar-refractivity contribution >= 4 is 15.9 Å². The van der Waals surface area contributed by atoms with Crippen molar-refractivity contribution < 1.29 is 0 Å². The summed E-state index contributed by atoms with van der Waals surface area (Å²) in [6.45, 7) is 6.38. The van der Waals surface area contributed by atoms with Gasteiger partial charge in [0.15, 0.2) is 0 Å². The fourth-order valence-electron chi connectivity index (χ4n) is 2.84. The van der Waals surface area contributed by atoms with Crippen molar-refractivity contribution in [2.45, 2.75) is 32.4 Å². The maximum absolute atomic E-state index is 5.96. The molecule has 0 spiro atoms. The van der Waals surface area contributed by atoms with Gasteiger partial charge in [-0.1, -0.05) is 6.92 Å². The zero-order chi connectivity index (χ0) is 12.4. The monoisotopic (exact) mass is 297 g/mol. The van der Waals surface area contributed by atoms with Crippen molar-refractivity contribution in [3.05, 3.63) is 28.5 Å². The Kier molecular flexibility index (Phi) is 4.17. The molecule has 0 amide bonds. The van der Waals surface area contributed by atoms with Gasteiger partial charge >= 0.3 is 0 Å². The second-order valence-corrected chi connectivity index (χ2v) is 5.99. The van der Waals surface area contributed by atoms with Crippen molar-refractivity contribution in [3.63, 3.8) is 0 Å². The van der Waals surface area contributed by atoms with Crippen molar-refractivity contribution in [1.82, 2.24) is 9.88 Å². The van der Waals surface area contributed by atoms with Crippen LogP contribution < -0.4 is 5.73 Å². The smallest absolute Gasteiger partial charge is 0.0489 e. The number of halogens is 1. The average molecular weight is 298 g/mol. The van der Waals surface area contributed by atoms with E-state index in [1.54, 1.807) is 0 Å². The molecule has 1 aromatic heterocycles. The topological polar surface area (TPSA) is 42.1 Å². The van der Waals surface area contributed by atoms with E-state index in [0.29, 0.717) is 18.6 Å². The van der Waals surface area contributed by atoms with Crippen LogP contribution in [0.2, 0.25) is 0 Å². The van der Waals surface area contributed by atoms with E-state index in [2.05, 4.69) is 45.7 Å². The third kappa shape index (κ3) is 2.87. The highest BCUT2D eigenvalue weighted by atomic mass is 79.9. The lowest BCUT2D eigenvalue weighted by molar-refractivity contribution is 0.192. The predicted octanol–water partition coefficient (Wildman–Crippen LogP) is 2.57. The Labute approximate surface area is 112 Å². The van der Waals surface area contributed by atoms with Crippen LogP contribution in [0.25, 0.3) is 0 Å². The van der Waals surface area contributed by atoms with Gasteiger partial charge < -0.3 is 5.73 Å². The van der Waals surface area contributed by atoms with Crippen LogP contribution in [0.1, 0.15) is 31.9 Å². The first-order valence-electron chi connectivity index (χ1n) is 6.18. The van der Waals surface area contributed by atoms with E-state index in [1.165, 1.54) is 12.0 Å². The Balaban J connectivity index is 2.21. The van der Waals surface area contributed by atoms with Crippen molar-refractivity contribution in [3.8, 4) is 0 Å². The van der Waals surface area contributed by atoms with Gasteiger partial charge in [0, 0.05) is 42.0 Å². The van der Waals surface area contributed by atoms with Crippen molar-refractivity contribution in [1.29, 1.82) is 0 Å². The molecule has 94 valence electrons. The molecule has 3 nitrogen and oxygen atoms in total. The van der Waals surface area contributed by atoms with Gasteiger partial charge in [-0.3, -0.25) is 9.88 Å². The lowest BCUT2D eigenvalue weighted by Crippen LogP contribution is -2.36. The van der Waals surface area contributed by atoms with Crippen LogP contribution in [-0.4, -0.2) is 29.0 Å². The van der Waals surface area contributed by atoms with Gasteiger partial charge in [-0.05, 0) is 46.8 Å². The summed E-state index contributed by atoms with van der Waals surface area (Å²) in [6, 6.07) is 3.03. The van der Waals surface area contributed by atoms with E-state index >= 15 is 0 Å². The number of aromatic nitrogens is 1. The van der Waals surface area contributed by atoms with Gasteiger partial charge in [-0.25, -0.2) is 0 Å². The maximum Gasteiger partial charge on any atom is 0.0489 e. The summed E-state index contributed by atoms with van der Waals surface area (Å²) in [6.07, 6.45) is 5.00. The lowest BCUT2D eigenvalue weighted by atomic mass is 10.1. The number of hydrogen-bond donors (Lipinski definition) is 1. The first kappa shape index (κ1) is 13.0. The molecule has 1 aliphatic heterocycles. The van der Waals surface area contributed by atoms with Crippen LogP contribution in [0, 0.1) is 5.92 Å². The van der Waals surface area contributed by atoms with Crippen LogP contribution in [0.15, 0.2) is 22.9 Å². The molecule has 1 aliphatic rings. The maximum atomic E-state index is 5.96. The summed E-state index contributed by atoms with van der Waals surface area (Å²) in [4.78, 5) is 6.75. The molecule has 4 heteroatoms. The minimum atomic E-state index is 0.292. The number of nitrogens with two attached hydrogens (primary N) is 1. The molecular weight excluding hydrogens is 278 g/mol. The van der Waals surface area contributed by atoms with Gasteiger partial charge in [0.2, 0.25) is 0 Å². The average Bonchev–Trinajstić information content (AvgIpc) is 2.59. The quantitative estimate of drug-likeness (QED) is 0.932. The minimum Gasteiger partial charge on any atom is -0.329 e. The molecule has 1 fully saturated rings. The standard InChI is InChI=1S/C13H20BrN3/c1-9-3-10(2)17(8-9)13(5-15)11-4-12(14)7-16-6-11/h4,6-7,9-10,13H,3,5,8,15H2,1-2H3. The molecule has 1 aromatic rings. The molecule has 0 saturated carbocycles. The molecule has 1 saturated heterocycles. The van der Waals surface area contributed by atoms with Gasteiger partial charge in [-0.15, -0.1) is 0 Å². The summed E-state index contributed by atoms with van der Waals surface area (Å²) in [7, 11) is 0. The van der Waals surface area contributed by atoms with E-state index in [1.807, 2.05) is 12.4 Å². The highest BCUT2D eigenvalue weighted by Gasteiger charge is 2.31. The van der Waals surface area contributed by atoms with Crippen LogP contribution in [0.5, 0.6) is 0 Å². The first-order valence-corrected chi connectivity index (χ1v) is 6.97. The largest absolute Gasteiger partial charge is 0.329 e. The molecule has 2 N–H and O–H groups in total. The molecule has 0 bridgehead atoms. The number of nitrogens with zero attached hydrogens (tertiary/aromatic N) is 2. The Hall–Kier alpha value is -0.450. The Morgan fingerprint density at radius 3 is 2.82 bits per heavy atom. The highest BCUT2D eigenvalue weighted by Crippen LogP contribution is 2.31. The molecule has 2 heterocycles. The van der Waals surface area contributed by atoms with E-state index in [-0.39, 0.29) is 0 Å². The van der Waals surface area contributed by atoms with Gasteiger partial charge in [0.1, 0.15) is 0 Å². The van der Waals surface area contributed by atoms with E-state index < -0.39 is 0 Å². The second kappa shape index (κ2) is 5.46. The Morgan fingerprint density at radius 2 is 2.29 bits per heavy atom. The fourth-order valence-corrected chi connectivity index (χ4v) is 3.22. The van der Waals surface area contributed by atoms with E-state index in [4.69, 9.17) is 5.73 Å². The number of pyridine rings is 1. The summed E-state index contributed by atoms with van der Waals surface area (Å²) in [5.74, 6) is 0.763. The summed E-state index contributed by atoms with van der Waals surface area (Å²) >= 11 is 3.47. The molecule has 2 rings (SSSR count). The van der Waals surface area contributed by atoms with Crippen LogP contribution >= 0.6 is 15.9 Å². The molecule has 0 aliphatic carbocycles. The molecule has 17 heavy (non-hydrogen) atoms. The third-order valence-electron chi connectivity index (χ3n) is 3.57. The van der Waals surface area contributed by atoms with Crippen LogP contribution in [-0.2, 0) is 0 Å². The van der Waals surface area contributed by atoms with E-state index in [9.17, 15) is 0 Å². The lowest BCUT2D eigenvalue weighted by Gasteiger charge is -2.30. The van der Waals surface area contributed by atoms with Crippen molar-refractivity contribution in [2.75, 3.05) is 13.1 Å². The molecule has 3 unspecified atom stereocenters. The number of hydrogen-bond acceptors (Lipinski definition) is 3. The summed E-state index contributed by atoms with van der Waals surface area (Å²) < 4.78 is 1.02. The van der Waals surface area contributed by atoms with Gasteiger partial charge in [0.25, 0.3) is 0 Å².